The van der Waals surface area contributed by atoms with Crippen molar-refractivity contribution in [3.05, 3.63) is 0 Å². The van der Waals surface area contributed by atoms with Crippen LogP contribution in [0.3, 0.4) is 0 Å². The Morgan fingerprint density at radius 3 is 1.02 bits per heavy atom. The average molecular weight is 622 g/mol. The molecule has 7 spiro atoms. The maximum Gasteiger partial charge on any atom is 0.0194 e. The van der Waals surface area contributed by atoms with E-state index in [0.29, 0.717) is 27.7 Å². The molecular formula is C40H71N5. The third-order valence-corrected chi connectivity index (χ3v) is 15.9. The summed E-state index contributed by atoms with van der Waals surface area (Å²) in [6.07, 6.45) is 41.1. The minimum Gasteiger partial charge on any atom is -0.315 e. The Balaban J connectivity index is 0.0000000891. The fourth-order valence-electron chi connectivity index (χ4n) is 11.4. The Hall–Kier alpha value is -0.200. The predicted octanol–water partition coefficient (Wildman–Crippen LogP) is 7.63. The minimum atomic E-state index is 0.545. The number of piperidine rings is 2. The molecule has 0 amide bonds. The van der Waals surface area contributed by atoms with Crippen LogP contribution >= 0.6 is 0 Å². The molecule has 0 atom stereocenters. The summed E-state index contributed by atoms with van der Waals surface area (Å²) in [7, 11) is 0. The van der Waals surface area contributed by atoms with Gasteiger partial charge in [0.15, 0.2) is 0 Å². The third-order valence-electron chi connectivity index (χ3n) is 15.9. The van der Waals surface area contributed by atoms with Crippen molar-refractivity contribution >= 4 is 0 Å². The monoisotopic (exact) mass is 622 g/mol. The Labute approximate surface area is 277 Å². The maximum atomic E-state index is 3.92. The van der Waals surface area contributed by atoms with Gasteiger partial charge < -0.3 is 26.6 Å². The molecule has 7 saturated carbocycles. The van der Waals surface area contributed by atoms with Gasteiger partial charge in [0.1, 0.15) is 0 Å². The summed E-state index contributed by atoms with van der Waals surface area (Å²) in [5.74, 6) is 0. The molecule has 7 aliphatic carbocycles. The van der Waals surface area contributed by atoms with E-state index in [2.05, 4.69) is 26.6 Å². The second-order valence-electron chi connectivity index (χ2n) is 19.1. The molecule has 0 aromatic heterocycles. The number of rotatable bonds is 0. The van der Waals surface area contributed by atoms with Gasteiger partial charge in [0.2, 0.25) is 0 Å². The second kappa shape index (κ2) is 12.6. The predicted molar refractivity (Wildman–Crippen MR) is 188 cm³/mol. The Kier molecular flexibility index (Phi) is 8.97. The van der Waals surface area contributed by atoms with Gasteiger partial charge in [-0.2, -0.15) is 0 Å². The molecule has 0 aromatic rings. The van der Waals surface area contributed by atoms with Crippen molar-refractivity contribution in [2.75, 3.05) is 32.7 Å². The summed E-state index contributed by atoms with van der Waals surface area (Å²) in [4.78, 5) is 0. The lowest BCUT2D eigenvalue weighted by atomic mass is 9.69. The molecule has 4 heterocycles. The molecule has 0 radical (unpaired) electrons. The molecule has 0 aromatic carbocycles. The van der Waals surface area contributed by atoms with Gasteiger partial charge in [0.25, 0.3) is 0 Å². The topological polar surface area (TPSA) is 60.1 Å². The van der Waals surface area contributed by atoms with Crippen LogP contribution in [0.2, 0.25) is 0 Å². The van der Waals surface area contributed by atoms with E-state index in [4.69, 9.17) is 0 Å². The van der Waals surface area contributed by atoms with Crippen LogP contribution in [0.5, 0.6) is 0 Å². The van der Waals surface area contributed by atoms with E-state index < -0.39 is 0 Å². The molecule has 0 bridgehead atoms. The molecule has 45 heavy (non-hydrogen) atoms. The van der Waals surface area contributed by atoms with E-state index in [1.807, 2.05) is 0 Å². The van der Waals surface area contributed by atoms with E-state index in [0.717, 1.165) is 17.4 Å². The largest absolute Gasteiger partial charge is 0.315 e. The van der Waals surface area contributed by atoms with Crippen LogP contribution in [-0.4, -0.2) is 60.4 Å². The average Bonchev–Trinajstić information content (AvgIpc) is 3.97. The van der Waals surface area contributed by atoms with Gasteiger partial charge in [0, 0.05) is 53.9 Å². The van der Waals surface area contributed by atoms with E-state index in [1.54, 1.807) is 0 Å². The van der Waals surface area contributed by atoms with Crippen LogP contribution in [0.25, 0.3) is 0 Å². The van der Waals surface area contributed by atoms with Crippen LogP contribution in [-0.2, 0) is 0 Å². The van der Waals surface area contributed by atoms with Crippen LogP contribution in [0.15, 0.2) is 0 Å². The first-order chi connectivity index (χ1) is 21.9. The van der Waals surface area contributed by atoms with E-state index in [-0.39, 0.29) is 0 Å². The lowest BCUT2D eigenvalue weighted by molar-refractivity contribution is 0.108. The highest BCUT2D eigenvalue weighted by Crippen LogP contribution is 2.56. The van der Waals surface area contributed by atoms with Gasteiger partial charge in [-0.25, -0.2) is 0 Å². The lowest BCUT2D eigenvalue weighted by Crippen LogP contribution is -2.56. The van der Waals surface area contributed by atoms with Crippen molar-refractivity contribution in [2.24, 2.45) is 10.8 Å². The molecule has 11 rings (SSSR count). The molecule has 256 valence electrons. The van der Waals surface area contributed by atoms with Gasteiger partial charge in [-0.3, -0.25) is 0 Å². The maximum absolute atomic E-state index is 3.92. The van der Waals surface area contributed by atoms with Gasteiger partial charge in [-0.15, -0.1) is 0 Å². The molecule has 5 nitrogen and oxygen atoms in total. The first-order valence-electron chi connectivity index (χ1n) is 20.6. The van der Waals surface area contributed by atoms with Crippen molar-refractivity contribution in [1.29, 1.82) is 0 Å². The number of hydrogen-bond acceptors (Lipinski definition) is 5. The molecular weight excluding hydrogens is 550 g/mol. The Morgan fingerprint density at radius 1 is 0.267 bits per heavy atom. The highest BCUT2D eigenvalue weighted by Gasteiger charge is 2.54. The number of hydrogen-bond donors (Lipinski definition) is 5. The molecule has 5 heteroatoms. The molecule has 4 aliphatic heterocycles. The van der Waals surface area contributed by atoms with E-state index >= 15 is 0 Å². The highest BCUT2D eigenvalue weighted by molar-refractivity contribution is 5.15. The van der Waals surface area contributed by atoms with Gasteiger partial charge >= 0.3 is 0 Å². The summed E-state index contributed by atoms with van der Waals surface area (Å²) in [6, 6.07) is 0. The van der Waals surface area contributed by atoms with Crippen molar-refractivity contribution < 1.29 is 0 Å². The summed E-state index contributed by atoms with van der Waals surface area (Å²) < 4.78 is 0. The van der Waals surface area contributed by atoms with Crippen molar-refractivity contribution in [3.63, 3.8) is 0 Å². The second-order valence-corrected chi connectivity index (χ2v) is 19.1. The summed E-state index contributed by atoms with van der Waals surface area (Å²) in [6.45, 7) is 6.22. The molecule has 0 unspecified atom stereocenters. The van der Waals surface area contributed by atoms with Crippen molar-refractivity contribution in [1.82, 2.24) is 26.6 Å². The van der Waals surface area contributed by atoms with Gasteiger partial charge in [-0.1, -0.05) is 38.5 Å². The molecule has 11 aliphatic rings. The summed E-state index contributed by atoms with van der Waals surface area (Å²) >= 11 is 0. The van der Waals surface area contributed by atoms with E-state index in [9.17, 15) is 0 Å². The van der Waals surface area contributed by atoms with Crippen LogP contribution in [0.1, 0.15) is 180 Å². The van der Waals surface area contributed by atoms with Gasteiger partial charge in [0.05, 0.1) is 0 Å². The summed E-state index contributed by atoms with van der Waals surface area (Å²) in [5, 5.41) is 18.7. The first kappa shape index (κ1) is 32.0. The molecule has 5 N–H and O–H groups in total. The number of nitrogens with one attached hydrogen (secondary N) is 5. The SMILES string of the molecule is C1CC2(C1)CCC1(CC1)CN2.C1CCC2(C1)CCC1(CC1)CN2.C1CCC2(C1)CCC1(CC1)N2.C1CCC2(C1)CCNCCN2. The van der Waals surface area contributed by atoms with Crippen LogP contribution in [0, 0.1) is 10.8 Å². The van der Waals surface area contributed by atoms with Crippen molar-refractivity contribution in [2.45, 2.75) is 207 Å². The Bertz CT molecular complexity index is 937. The van der Waals surface area contributed by atoms with Crippen LogP contribution in [0.4, 0.5) is 0 Å². The smallest absolute Gasteiger partial charge is 0.0194 e. The van der Waals surface area contributed by atoms with Crippen LogP contribution < -0.4 is 26.6 Å². The normalized spacial score (nSPS) is 35.2. The highest BCUT2D eigenvalue weighted by atomic mass is 15.1. The fraction of sp³-hybridized carbons (Fsp3) is 1.00. The zero-order valence-corrected chi connectivity index (χ0v) is 29.3. The Morgan fingerprint density at radius 2 is 0.644 bits per heavy atom. The zero-order valence-electron chi connectivity index (χ0n) is 29.3. The summed E-state index contributed by atoms with van der Waals surface area (Å²) in [5.41, 5.74) is 4.72. The quantitative estimate of drug-likeness (QED) is 0.193. The van der Waals surface area contributed by atoms with E-state index in [1.165, 1.54) is 206 Å². The van der Waals surface area contributed by atoms with Gasteiger partial charge in [-0.05, 0) is 159 Å². The standard InChI is InChI=1S/C11H19N.2C10H17N.C9H18N2/c1-2-4-11(3-1)8-7-10(5-6-10)9-12-11;1-2-10(3-1)7-6-9(4-5-9)8-11-10;1-2-4-9(3-1)5-6-10(11-9)7-8-10;1-2-4-9(3-1)5-6-10-7-8-11-9/h12H,1-9H2;2*11H,1-8H2;10-11H,1-8H2. The fourth-order valence-corrected chi connectivity index (χ4v) is 11.4. The van der Waals surface area contributed by atoms with Crippen molar-refractivity contribution in [3.8, 4) is 0 Å². The third kappa shape index (κ3) is 7.38. The molecule has 4 saturated heterocycles. The molecule has 11 fully saturated rings. The lowest BCUT2D eigenvalue weighted by Gasteiger charge is -2.48. The first-order valence-corrected chi connectivity index (χ1v) is 20.6. The minimum absolute atomic E-state index is 0.545. The zero-order chi connectivity index (χ0) is 30.4.